The summed E-state index contributed by atoms with van der Waals surface area (Å²) in [5, 5.41) is 4.89. The maximum Gasteiger partial charge on any atom is 0.268 e. The molecule has 1 fully saturated rings. The van der Waals surface area contributed by atoms with Gasteiger partial charge in [0.15, 0.2) is 0 Å². The lowest BCUT2D eigenvalue weighted by Gasteiger charge is -2.29. The molecule has 2 heterocycles. The van der Waals surface area contributed by atoms with Crippen molar-refractivity contribution >= 4 is 34.5 Å². The van der Waals surface area contributed by atoms with Crippen LogP contribution in [0.2, 0.25) is 0 Å². The fourth-order valence-electron chi connectivity index (χ4n) is 2.99. The van der Waals surface area contributed by atoms with Crippen molar-refractivity contribution in [3.63, 3.8) is 0 Å². The molecule has 0 unspecified atom stereocenters. The molecule has 1 aliphatic carbocycles. The van der Waals surface area contributed by atoms with Gasteiger partial charge < -0.3 is 10.2 Å². The van der Waals surface area contributed by atoms with Gasteiger partial charge in [-0.3, -0.25) is 9.59 Å². The van der Waals surface area contributed by atoms with E-state index in [1.807, 2.05) is 40.6 Å². The van der Waals surface area contributed by atoms with E-state index in [1.54, 1.807) is 0 Å². The molecule has 2 aromatic rings. The molecular formula is C18H18N2O2S. The molecule has 2 aliphatic rings. The van der Waals surface area contributed by atoms with E-state index in [0.29, 0.717) is 0 Å². The lowest BCUT2D eigenvalue weighted by Crippen LogP contribution is -2.35. The molecule has 1 aliphatic heterocycles. The molecule has 0 saturated heterocycles. The normalized spacial score (nSPS) is 16.8. The zero-order chi connectivity index (χ0) is 15.8. The molecule has 118 valence electrons. The van der Waals surface area contributed by atoms with Crippen molar-refractivity contribution in [1.29, 1.82) is 0 Å². The average Bonchev–Trinajstić information content (AvgIpc) is 3.28. The molecule has 4 rings (SSSR count). The first-order valence-electron chi connectivity index (χ1n) is 8.01. The number of rotatable bonds is 3. The maximum absolute atomic E-state index is 12.7. The summed E-state index contributed by atoms with van der Waals surface area (Å²) in [6.07, 6.45) is 3.91. The van der Waals surface area contributed by atoms with Gasteiger partial charge in [0.2, 0.25) is 5.91 Å². The summed E-state index contributed by atoms with van der Waals surface area (Å²) in [5.74, 6) is 0.318. The van der Waals surface area contributed by atoms with Gasteiger partial charge in [0.25, 0.3) is 5.91 Å². The van der Waals surface area contributed by atoms with Crippen molar-refractivity contribution in [1.82, 2.24) is 0 Å². The first-order chi connectivity index (χ1) is 11.2. The Morgan fingerprint density at radius 3 is 2.83 bits per heavy atom. The molecule has 0 atom stereocenters. The number of nitrogens with zero attached hydrogens (tertiary/aromatic N) is 1. The Labute approximate surface area is 139 Å². The smallest absolute Gasteiger partial charge is 0.268 e. The first kappa shape index (κ1) is 14.5. The van der Waals surface area contributed by atoms with E-state index < -0.39 is 0 Å². The van der Waals surface area contributed by atoms with Crippen LogP contribution in [0.3, 0.4) is 0 Å². The van der Waals surface area contributed by atoms with Gasteiger partial charge in [-0.25, -0.2) is 0 Å². The first-order valence-corrected chi connectivity index (χ1v) is 8.89. The second-order valence-corrected chi connectivity index (χ2v) is 7.09. The number of thiophene rings is 1. The highest BCUT2D eigenvalue weighted by molar-refractivity contribution is 7.12. The number of fused-ring (bicyclic) bond motifs is 1. The molecule has 0 radical (unpaired) electrons. The Hall–Kier alpha value is -2.14. The van der Waals surface area contributed by atoms with E-state index >= 15 is 0 Å². The van der Waals surface area contributed by atoms with E-state index in [2.05, 4.69) is 5.32 Å². The fourth-order valence-corrected chi connectivity index (χ4v) is 3.66. The fraction of sp³-hybridized carbons (Fsp3) is 0.333. The highest BCUT2D eigenvalue weighted by Crippen LogP contribution is 2.34. The number of hydrogen-bond acceptors (Lipinski definition) is 3. The van der Waals surface area contributed by atoms with Crippen molar-refractivity contribution < 1.29 is 9.59 Å². The summed E-state index contributed by atoms with van der Waals surface area (Å²) >= 11 is 1.47. The van der Waals surface area contributed by atoms with Gasteiger partial charge in [-0.05, 0) is 54.8 Å². The van der Waals surface area contributed by atoms with Gasteiger partial charge in [-0.2, -0.15) is 0 Å². The molecule has 23 heavy (non-hydrogen) atoms. The molecule has 0 bridgehead atoms. The Kier molecular flexibility index (Phi) is 3.65. The van der Waals surface area contributed by atoms with E-state index in [9.17, 15) is 9.59 Å². The van der Waals surface area contributed by atoms with Gasteiger partial charge in [-0.1, -0.05) is 12.1 Å². The van der Waals surface area contributed by atoms with Crippen molar-refractivity contribution in [2.45, 2.75) is 25.7 Å². The molecule has 2 amide bonds. The number of carbonyl (C=O) groups is 2. The molecule has 5 heteroatoms. The van der Waals surface area contributed by atoms with Crippen molar-refractivity contribution in [3.8, 4) is 0 Å². The lowest BCUT2D eigenvalue weighted by atomic mass is 10.0. The van der Waals surface area contributed by atoms with Crippen LogP contribution >= 0.6 is 11.3 Å². The minimum Gasteiger partial charge on any atom is -0.326 e. The van der Waals surface area contributed by atoms with E-state index in [0.717, 1.165) is 48.5 Å². The van der Waals surface area contributed by atoms with Gasteiger partial charge in [0, 0.05) is 23.8 Å². The summed E-state index contributed by atoms with van der Waals surface area (Å²) in [6.45, 7) is 0.726. The molecule has 0 spiro atoms. The van der Waals surface area contributed by atoms with Crippen LogP contribution in [-0.2, 0) is 11.2 Å². The molecule has 1 saturated carbocycles. The topological polar surface area (TPSA) is 49.4 Å². The average molecular weight is 326 g/mol. The summed E-state index contributed by atoms with van der Waals surface area (Å²) in [4.78, 5) is 27.3. The van der Waals surface area contributed by atoms with Gasteiger partial charge in [-0.15, -0.1) is 11.3 Å². The summed E-state index contributed by atoms with van der Waals surface area (Å²) < 4.78 is 0. The molecule has 1 N–H and O–H groups in total. The van der Waals surface area contributed by atoms with Crippen molar-refractivity contribution in [2.24, 2.45) is 5.92 Å². The maximum atomic E-state index is 12.7. The number of amides is 2. The number of carbonyl (C=O) groups excluding carboxylic acids is 2. The zero-order valence-corrected chi connectivity index (χ0v) is 13.6. The van der Waals surface area contributed by atoms with Gasteiger partial charge >= 0.3 is 0 Å². The van der Waals surface area contributed by atoms with Crippen LogP contribution in [0.15, 0.2) is 35.7 Å². The Morgan fingerprint density at radius 2 is 2.09 bits per heavy atom. The summed E-state index contributed by atoms with van der Waals surface area (Å²) in [6, 6.07) is 9.68. The monoisotopic (exact) mass is 326 g/mol. The van der Waals surface area contributed by atoms with Crippen LogP contribution in [-0.4, -0.2) is 18.4 Å². The lowest BCUT2D eigenvalue weighted by molar-refractivity contribution is -0.117. The predicted octanol–water partition coefficient (Wildman–Crippen LogP) is 3.69. The Bertz CT molecular complexity index is 750. The second kappa shape index (κ2) is 5.81. The third kappa shape index (κ3) is 2.88. The Morgan fingerprint density at radius 1 is 1.22 bits per heavy atom. The summed E-state index contributed by atoms with van der Waals surface area (Å²) in [5.41, 5.74) is 2.89. The van der Waals surface area contributed by atoms with Gasteiger partial charge in [0.1, 0.15) is 0 Å². The van der Waals surface area contributed by atoms with Crippen LogP contribution in [0.4, 0.5) is 11.4 Å². The third-order valence-electron chi connectivity index (χ3n) is 4.40. The second-order valence-electron chi connectivity index (χ2n) is 6.14. The van der Waals surface area contributed by atoms with Gasteiger partial charge in [0.05, 0.1) is 4.88 Å². The SMILES string of the molecule is O=C(Nc1ccc2c(c1)N(C(=O)c1cccs1)CCC2)C1CC1. The van der Waals surface area contributed by atoms with E-state index in [-0.39, 0.29) is 17.7 Å². The zero-order valence-electron chi connectivity index (χ0n) is 12.7. The number of benzene rings is 1. The molecular weight excluding hydrogens is 308 g/mol. The number of anilines is 2. The quantitative estimate of drug-likeness (QED) is 0.935. The highest BCUT2D eigenvalue weighted by atomic mass is 32.1. The third-order valence-corrected chi connectivity index (χ3v) is 5.25. The largest absolute Gasteiger partial charge is 0.326 e. The van der Waals surface area contributed by atoms with Crippen molar-refractivity contribution in [2.75, 3.05) is 16.8 Å². The van der Waals surface area contributed by atoms with Crippen LogP contribution in [0.25, 0.3) is 0 Å². The van der Waals surface area contributed by atoms with Crippen LogP contribution < -0.4 is 10.2 Å². The molecule has 1 aromatic heterocycles. The summed E-state index contributed by atoms with van der Waals surface area (Å²) in [7, 11) is 0. The van der Waals surface area contributed by atoms with Crippen LogP contribution in [0.5, 0.6) is 0 Å². The standard InChI is InChI=1S/C18H18N2O2S/c21-17(13-5-6-13)19-14-8-7-12-3-1-9-20(15(12)11-14)18(22)16-4-2-10-23-16/h2,4,7-8,10-11,13H,1,3,5-6,9H2,(H,19,21). The predicted molar refractivity (Wildman–Crippen MR) is 92.1 cm³/mol. The van der Waals surface area contributed by atoms with Crippen molar-refractivity contribution in [3.05, 3.63) is 46.2 Å². The molecule has 1 aromatic carbocycles. The van der Waals surface area contributed by atoms with E-state index in [4.69, 9.17) is 0 Å². The highest BCUT2D eigenvalue weighted by Gasteiger charge is 2.30. The minimum atomic E-state index is 0.0478. The minimum absolute atomic E-state index is 0.0478. The Balaban J connectivity index is 1.62. The number of hydrogen-bond donors (Lipinski definition) is 1. The van der Waals surface area contributed by atoms with E-state index in [1.165, 1.54) is 16.9 Å². The van der Waals surface area contributed by atoms with Crippen LogP contribution in [0, 0.1) is 5.92 Å². The molecule has 4 nitrogen and oxygen atoms in total. The number of nitrogens with one attached hydrogen (secondary N) is 1. The number of aryl methyl sites for hydroxylation is 1. The van der Waals surface area contributed by atoms with Crippen LogP contribution in [0.1, 0.15) is 34.5 Å².